The predicted molar refractivity (Wildman–Crippen MR) is 84.5 cm³/mol. The number of imidazole rings is 1. The van der Waals surface area contributed by atoms with E-state index in [4.69, 9.17) is 4.74 Å². The van der Waals surface area contributed by atoms with Gasteiger partial charge in [0.05, 0.1) is 24.1 Å². The highest BCUT2D eigenvalue weighted by molar-refractivity contribution is 5.92. The Morgan fingerprint density at radius 2 is 2.22 bits per heavy atom. The Kier molecular flexibility index (Phi) is 3.81. The van der Waals surface area contributed by atoms with Gasteiger partial charge < -0.3 is 15.0 Å². The number of hydrogen-bond donors (Lipinski definition) is 2. The topological polar surface area (TPSA) is 96.4 Å². The van der Waals surface area contributed by atoms with Gasteiger partial charge in [-0.2, -0.15) is 0 Å². The molecule has 3 rings (SSSR count). The third-order valence-corrected chi connectivity index (χ3v) is 3.84. The first kappa shape index (κ1) is 15.1. The smallest absolute Gasteiger partial charge is 0.414 e. The maximum Gasteiger partial charge on any atom is 0.414 e. The summed E-state index contributed by atoms with van der Waals surface area (Å²) in [4.78, 5) is 39.1. The maximum absolute atomic E-state index is 12.0. The first-order chi connectivity index (χ1) is 11.0. The Morgan fingerprint density at radius 1 is 1.43 bits per heavy atom. The molecule has 23 heavy (non-hydrogen) atoms. The zero-order valence-corrected chi connectivity index (χ0v) is 13.0. The number of nitrogens with one attached hydrogen (secondary N) is 2. The van der Waals surface area contributed by atoms with Crippen LogP contribution >= 0.6 is 0 Å². The summed E-state index contributed by atoms with van der Waals surface area (Å²) in [6, 6.07) is 5.33. The van der Waals surface area contributed by atoms with Crippen molar-refractivity contribution in [2.75, 3.05) is 18.0 Å². The Balaban J connectivity index is 1.86. The molecule has 2 aromatic rings. The van der Waals surface area contributed by atoms with Crippen LogP contribution in [0.4, 0.5) is 10.5 Å². The number of nitrogens with zero attached hydrogens (tertiary/aromatic N) is 2. The second-order valence-corrected chi connectivity index (χ2v) is 5.43. The van der Waals surface area contributed by atoms with Crippen molar-refractivity contribution in [3.05, 3.63) is 28.7 Å². The second-order valence-electron chi connectivity index (χ2n) is 5.43. The van der Waals surface area contributed by atoms with Gasteiger partial charge in [-0.1, -0.05) is 0 Å². The van der Waals surface area contributed by atoms with Crippen molar-refractivity contribution in [1.82, 2.24) is 14.9 Å². The van der Waals surface area contributed by atoms with Crippen molar-refractivity contribution in [3.8, 4) is 0 Å². The molecule has 1 aromatic carbocycles. The molecule has 2 N–H and O–H groups in total. The van der Waals surface area contributed by atoms with Crippen LogP contribution in [0.2, 0.25) is 0 Å². The quantitative estimate of drug-likeness (QED) is 0.872. The lowest BCUT2D eigenvalue weighted by atomic mass is 10.2. The highest BCUT2D eigenvalue weighted by Crippen LogP contribution is 2.25. The normalized spacial score (nSPS) is 17.6. The third-order valence-electron chi connectivity index (χ3n) is 3.84. The van der Waals surface area contributed by atoms with Crippen LogP contribution in [0.25, 0.3) is 11.0 Å². The molecular weight excluding hydrogens is 300 g/mol. The van der Waals surface area contributed by atoms with Crippen LogP contribution in [0.15, 0.2) is 23.0 Å². The predicted octanol–water partition coefficient (Wildman–Crippen LogP) is 0.811. The highest BCUT2D eigenvalue weighted by Gasteiger charge is 2.32. The molecule has 0 aliphatic carbocycles. The molecule has 0 spiro atoms. The minimum atomic E-state index is -0.458. The SMILES string of the molecule is CCn1c(=O)[nH]c2ccc(N3C[C@H](CNC(C)=O)OC3=O)cc21. The number of carbonyl (C=O) groups excluding carboxylic acids is 2. The van der Waals surface area contributed by atoms with Gasteiger partial charge in [-0.05, 0) is 25.1 Å². The molecule has 1 atom stereocenters. The minimum absolute atomic E-state index is 0.166. The summed E-state index contributed by atoms with van der Waals surface area (Å²) in [6.07, 6.45) is -0.845. The largest absolute Gasteiger partial charge is 0.442 e. The van der Waals surface area contributed by atoms with Crippen molar-refractivity contribution in [3.63, 3.8) is 0 Å². The van der Waals surface area contributed by atoms with Crippen LogP contribution in [-0.2, 0) is 16.1 Å². The van der Waals surface area contributed by atoms with Crippen LogP contribution in [-0.4, -0.2) is 40.7 Å². The Hall–Kier alpha value is -2.77. The van der Waals surface area contributed by atoms with E-state index in [9.17, 15) is 14.4 Å². The molecule has 1 aliphatic rings. The van der Waals surface area contributed by atoms with Crippen molar-refractivity contribution in [2.24, 2.45) is 0 Å². The number of rotatable bonds is 4. The van der Waals surface area contributed by atoms with Gasteiger partial charge in [-0.25, -0.2) is 9.59 Å². The standard InChI is InChI=1S/C15H18N4O4/c1-3-18-13-6-10(4-5-12(13)17-14(18)21)19-8-11(23-15(19)22)7-16-9(2)20/h4-6,11H,3,7-8H2,1-2H3,(H,16,20)(H,17,21)/t11-/m0/s1. The van der Waals surface area contributed by atoms with Gasteiger partial charge >= 0.3 is 11.8 Å². The van der Waals surface area contributed by atoms with Gasteiger partial charge in [0.25, 0.3) is 0 Å². The summed E-state index contributed by atoms with van der Waals surface area (Å²) in [7, 11) is 0. The molecular formula is C15H18N4O4. The summed E-state index contributed by atoms with van der Waals surface area (Å²) in [6.45, 7) is 4.47. The molecule has 0 bridgehead atoms. The molecule has 1 saturated heterocycles. The van der Waals surface area contributed by atoms with Crippen LogP contribution in [0.5, 0.6) is 0 Å². The first-order valence-electron chi connectivity index (χ1n) is 7.44. The lowest BCUT2D eigenvalue weighted by Gasteiger charge is -2.13. The molecule has 122 valence electrons. The number of aromatic amines is 1. The summed E-state index contributed by atoms with van der Waals surface area (Å²) in [5, 5.41) is 2.64. The van der Waals surface area contributed by atoms with Gasteiger partial charge in [0.1, 0.15) is 6.10 Å². The molecule has 8 heteroatoms. The van der Waals surface area contributed by atoms with Gasteiger partial charge in [0, 0.05) is 19.2 Å². The van der Waals surface area contributed by atoms with E-state index in [0.717, 1.165) is 11.0 Å². The van der Waals surface area contributed by atoms with E-state index in [-0.39, 0.29) is 24.2 Å². The van der Waals surface area contributed by atoms with E-state index in [0.29, 0.717) is 18.8 Å². The lowest BCUT2D eigenvalue weighted by molar-refractivity contribution is -0.119. The average molecular weight is 318 g/mol. The molecule has 8 nitrogen and oxygen atoms in total. The van der Waals surface area contributed by atoms with Gasteiger partial charge in [0.15, 0.2) is 0 Å². The number of fused-ring (bicyclic) bond motifs is 1. The molecule has 0 unspecified atom stereocenters. The fourth-order valence-corrected chi connectivity index (χ4v) is 2.72. The summed E-state index contributed by atoms with van der Waals surface area (Å²) in [5.41, 5.74) is 1.96. The molecule has 1 fully saturated rings. The monoisotopic (exact) mass is 318 g/mol. The Labute approximate surface area is 132 Å². The number of hydrogen-bond acceptors (Lipinski definition) is 4. The van der Waals surface area contributed by atoms with Crippen LogP contribution < -0.4 is 15.9 Å². The zero-order chi connectivity index (χ0) is 16.6. The number of cyclic esters (lactones) is 1. The first-order valence-corrected chi connectivity index (χ1v) is 7.44. The minimum Gasteiger partial charge on any atom is -0.442 e. The number of H-pyrrole nitrogens is 1. The van der Waals surface area contributed by atoms with Crippen molar-refractivity contribution >= 4 is 28.7 Å². The number of aromatic nitrogens is 2. The number of carbonyl (C=O) groups is 2. The number of anilines is 1. The van der Waals surface area contributed by atoms with Gasteiger partial charge in [-0.3, -0.25) is 14.3 Å². The van der Waals surface area contributed by atoms with E-state index in [1.54, 1.807) is 22.8 Å². The van der Waals surface area contributed by atoms with E-state index >= 15 is 0 Å². The van der Waals surface area contributed by atoms with E-state index < -0.39 is 6.09 Å². The van der Waals surface area contributed by atoms with E-state index in [1.165, 1.54) is 11.8 Å². The molecule has 2 amide bonds. The molecule has 0 radical (unpaired) electrons. The van der Waals surface area contributed by atoms with Gasteiger partial charge in [0.2, 0.25) is 5.91 Å². The molecule has 2 heterocycles. The van der Waals surface area contributed by atoms with Crippen LogP contribution in [0.3, 0.4) is 0 Å². The van der Waals surface area contributed by atoms with Gasteiger partial charge in [-0.15, -0.1) is 0 Å². The van der Waals surface area contributed by atoms with Crippen LogP contribution in [0, 0.1) is 0 Å². The van der Waals surface area contributed by atoms with E-state index in [1.807, 2.05) is 6.92 Å². The number of aryl methyl sites for hydroxylation is 1. The number of benzene rings is 1. The highest BCUT2D eigenvalue weighted by atomic mass is 16.6. The lowest BCUT2D eigenvalue weighted by Crippen LogP contribution is -2.33. The molecule has 1 aromatic heterocycles. The summed E-state index contributed by atoms with van der Waals surface area (Å²) >= 11 is 0. The van der Waals surface area contributed by atoms with Crippen molar-refractivity contribution < 1.29 is 14.3 Å². The van der Waals surface area contributed by atoms with Crippen molar-refractivity contribution in [1.29, 1.82) is 0 Å². The fraction of sp³-hybridized carbons (Fsp3) is 0.400. The van der Waals surface area contributed by atoms with E-state index in [2.05, 4.69) is 10.3 Å². The summed E-state index contributed by atoms with van der Waals surface area (Å²) in [5.74, 6) is -0.166. The number of amides is 2. The average Bonchev–Trinajstić information content (AvgIpc) is 3.03. The third kappa shape index (κ3) is 2.79. The number of ether oxygens (including phenoxy) is 1. The van der Waals surface area contributed by atoms with Crippen molar-refractivity contribution in [2.45, 2.75) is 26.5 Å². The molecule has 0 saturated carbocycles. The zero-order valence-electron chi connectivity index (χ0n) is 13.0. The second kappa shape index (κ2) is 5.79. The molecule has 1 aliphatic heterocycles. The maximum atomic E-state index is 12.0. The summed E-state index contributed by atoms with van der Waals surface area (Å²) < 4.78 is 6.85. The Bertz CT molecular complexity index is 822. The fourth-order valence-electron chi connectivity index (χ4n) is 2.72. The Morgan fingerprint density at radius 3 is 2.91 bits per heavy atom. The van der Waals surface area contributed by atoms with Crippen LogP contribution in [0.1, 0.15) is 13.8 Å².